The molecule has 0 aliphatic carbocycles. The normalized spacial score (nSPS) is 17.3. The minimum Gasteiger partial charge on any atom is -0.488 e. The average Bonchev–Trinajstić information content (AvgIpc) is 2.95. The summed E-state index contributed by atoms with van der Waals surface area (Å²) in [6.45, 7) is 5.05. The van der Waals surface area contributed by atoms with Crippen molar-refractivity contribution >= 4 is 5.95 Å². The van der Waals surface area contributed by atoms with Crippen molar-refractivity contribution in [1.82, 2.24) is 9.55 Å². The van der Waals surface area contributed by atoms with Gasteiger partial charge in [0.05, 0.1) is 6.54 Å². The molecule has 0 saturated carbocycles. The number of imidazole rings is 1. The van der Waals surface area contributed by atoms with Crippen LogP contribution in [-0.2, 0) is 13.0 Å². The number of nitrogens with zero attached hydrogens (tertiary/aromatic N) is 2. The van der Waals surface area contributed by atoms with Gasteiger partial charge in [-0.05, 0) is 25.5 Å². The van der Waals surface area contributed by atoms with Crippen molar-refractivity contribution in [3.05, 3.63) is 42.2 Å². The number of nitrogens with one attached hydrogen (secondary N) is 1. The molecule has 100 valence electrons. The maximum Gasteiger partial charge on any atom is 0.203 e. The third kappa shape index (κ3) is 2.57. The highest BCUT2D eigenvalue weighted by Crippen LogP contribution is 2.29. The van der Waals surface area contributed by atoms with Gasteiger partial charge in [0.1, 0.15) is 11.9 Å². The van der Waals surface area contributed by atoms with Crippen LogP contribution in [0, 0.1) is 0 Å². The highest BCUT2D eigenvalue weighted by atomic mass is 16.5. The molecule has 0 radical (unpaired) electrons. The topological polar surface area (TPSA) is 39.1 Å². The molecule has 0 amide bonds. The molecule has 2 heterocycles. The molecule has 0 fully saturated rings. The first-order valence-corrected chi connectivity index (χ1v) is 6.74. The summed E-state index contributed by atoms with van der Waals surface area (Å²) < 4.78 is 8.09. The van der Waals surface area contributed by atoms with E-state index in [4.69, 9.17) is 4.74 Å². The van der Waals surface area contributed by atoms with Crippen LogP contribution in [0.5, 0.6) is 5.75 Å². The molecule has 0 spiro atoms. The Morgan fingerprint density at radius 2 is 2.26 bits per heavy atom. The van der Waals surface area contributed by atoms with Crippen molar-refractivity contribution in [2.24, 2.45) is 0 Å². The number of hydrogen-bond acceptors (Lipinski definition) is 3. The SMILES string of the molecule is CC(C)Nc1nccn1CC1Cc2ccccc2O1. The van der Waals surface area contributed by atoms with Crippen LogP contribution in [-0.4, -0.2) is 21.7 Å². The summed E-state index contributed by atoms with van der Waals surface area (Å²) in [5.74, 6) is 1.93. The smallest absolute Gasteiger partial charge is 0.203 e. The number of hydrogen-bond donors (Lipinski definition) is 1. The molecule has 1 atom stereocenters. The van der Waals surface area contributed by atoms with Crippen molar-refractivity contribution in [3.63, 3.8) is 0 Å². The van der Waals surface area contributed by atoms with Crippen LogP contribution >= 0.6 is 0 Å². The summed E-state index contributed by atoms with van der Waals surface area (Å²) in [7, 11) is 0. The van der Waals surface area contributed by atoms with Crippen molar-refractivity contribution in [2.75, 3.05) is 5.32 Å². The quantitative estimate of drug-likeness (QED) is 0.915. The maximum atomic E-state index is 5.96. The highest BCUT2D eigenvalue weighted by molar-refractivity contribution is 5.37. The van der Waals surface area contributed by atoms with Gasteiger partial charge in [-0.15, -0.1) is 0 Å². The Balaban J connectivity index is 1.69. The molecule has 1 aliphatic heterocycles. The molecule has 0 saturated heterocycles. The van der Waals surface area contributed by atoms with Crippen LogP contribution in [0.4, 0.5) is 5.95 Å². The van der Waals surface area contributed by atoms with Crippen molar-refractivity contribution in [2.45, 2.75) is 39.0 Å². The van der Waals surface area contributed by atoms with Crippen LogP contribution in [0.2, 0.25) is 0 Å². The molecule has 1 aromatic heterocycles. The number of anilines is 1. The van der Waals surface area contributed by atoms with Crippen molar-refractivity contribution < 1.29 is 4.74 Å². The zero-order chi connectivity index (χ0) is 13.2. The van der Waals surface area contributed by atoms with Gasteiger partial charge >= 0.3 is 0 Å². The Kier molecular flexibility index (Phi) is 3.15. The van der Waals surface area contributed by atoms with E-state index < -0.39 is 0 Å². The third-order valence-electron chi connectivity index (χ3n) is 3.25. The lowest BCUT2D eigenvalue weighted by molar-refractivity contribution is 0.210. The summed E-state index contributed by atoms with van der Waals surface area (Å²) in [5, 5.41) is 3.34. The first-order valence-electron chi connectivity index (χ1n) is 6.74. The summed E-state index contributed by atoms with van der Waals surface area (Å²) in [4.78, 5) is 4.34. The Bertz CT molecular complexity index is 537. The summed E-state index contributed by atoms with van der Waals surface area (Å²) >= 11 is 0. The first kappa shape index (κ1) is 12.1. The number of benzene rings is 1. The minimum atomic E-state index is 0.194. The summed E-state index contributed by atoms with van der Waals surface area (Å²) in [6.07, 6.45) is 4.98. The molecule has 4 heteroatoms. The largest absolute Gasteiger partial charge is 0.488 e. The number of aromatic nitrogens is 2. The fourth-order valence-corrected chi connectivity index (χ4v) is 2.43. The van der Waals surface area contributed by atoms with E-state index in [1.165, 1.54) is 5.56 Å². The van der Waals surface area contributed by atoms with Gasteiger partial charge in [-0.3, -0.25) is 0 Å². The average molecular weight is 257 g/mol. The second kappa shape index (κ2) is 4.96. The highest BCUT2D eigenvalue weighted by Gasteiger charge is 2.23. The van der Waals surface area contributed by atoms with Gasteiger partial charge in [0, 0.05) is 24.9 Å². The second-order valence-electron chi connectivity index (χ2n) is 5.25. The lowest BCUT2D eigenvalue weighted by Crippen LogP contribution is -2.23. The molecular weight excluding hydrogens is 238 g/mol. The van der Waals surface area contributed by atoms with E-state index in [1.807, 2.05) is 24.5 Å². The van der Waals surface area contributed by atoms with E-state index in [0.717, 1.165) is 24.7 Å². The molecule has 1 N–H and O–H groups in total. The van der Waals surface area contributed by atoms with Crippen LogP contribution in [0.25, 0.3) is 0 Å². The Morgan fingerprint density at radius 3 is 3.05 bits per heavy atom. The van der Waals surface area contributed by atoms with E-state index in [0.29, 0.717) is 6.04 Å². The predicted molar refractivity (Wildman–Crippen MR) is 75.5 cm³/mol. The van der Waals surface area contributed by atoms with E-state index in [2.05, 4.69) is 40.8 Å². The fourth-order valence-electron chi connectivity index (χ4n) is 2.43. The standard InChI is InChI=1S/C15H19N3O/c1-11(2)17-15-16-7-8-18(15)10-13-9-12-5-3-4-6-14(12)19-13/h3-8,11,13H,9-10H2,1-2H3,(H,16,17). The predicted octanol–water partition coefficient (Wildman–Crippen LogP) is 2.71. The van der Waals surface area contributed by atoms with Crippen LogP contribution in [0.15, 0.2) is 36.7 Å². The molecule has 1 unspecified atom stereocenters. The van der Waals surface area contributed by atoms with E-state index in [-0.39, 0.29) is 6.10 Å². The lowest BCUT2D eigenvalue weighted by atomic mass is 10.1. The Labute approximate surface area is 113 Å². The van der Waals surface area contributed by atoms with Gasteiger partial charge in [0.2, 0.25) is 5.95 Å². The van der Waals surface area contributed by atoms with Gasteiger partial charge in [-0.1, -0.05) is 18.2 Å². The van der Waals surface area contributed by atoms with Crippen LogP contribution in [0.3, 0.4) is 0 Å². The third-order valence-corrected chi connectivity index (χ3v) is 3.25. The number of ether oxygens (including phenoxy) is 1. The Morgan fingerprint density at radius 1 is 1.42 bits per heavy atom. The maximum absolute atomic E-state index is 5.96. The van der Waals surface area contributed by atoms with Gasteiger partial charge in [0.25, 0.3) is 0 Å². The summed E-state index contributed by atoms with van der Waals surface area (Å²) in [5.41, 5.74) is 1.30. The van der Waals surface area contributed by atoms with Gasteiger partial charge in [0.15, 0.2) is 0 Å². The summed E-state index contributed by atoms with van der Waals surface area (Å²) in [6, 6.07) is 8.63. The molecule has 0 bridgehead atoms. The Hall–Kier alpha value is -1.97. The minimum absolute atomic E-state index is 0.194. The number of fused-ring (bicyclic) bond motifs is 1. The number of para-hydroxylation sites is 1. The zero-order valence-corrected chi connectivity index (χ0v) is 11.3. The second-order valence-corrected chi connectivity index (χ2v) is 5.25. The van der Waals surface area contributed by atoms with E-state index in [9.17, 15) is 0 Å². The van der Waals surface area contributed by atoms with Crippen molar-refractivity contribution in [3.8, 4) is 5.75 Å². The van der Waals surface area contributed by atoms with Crippen LogP contribution < -0.4 is 10.1 Å². The van der Waals surface area contributed by atoms with Gasteiger partial charge in [-0.25, -0.2) is 4.98 Å². The molecule has 19 heavy (non-hydrogen) atoms. The molecule has 2 aromatic rings. The first-order chi connectivity index (χ1) is 9.22. The fraction of sp³-hybridized carbons (Fsp3) is 0.400. The monoisotopic (exact) mass is 257 g/mol. The molecule has 1 aromatic carbocycles. The molecule has 1 aliphatic rings. The molecule has 3 rings (SSSR count). The van der Waals surface area contributed by atoms with E-state index >= 15 is 0 Å². The van der Waals surface area contributed by atoms with Crippen LogP contribution in [0.1, 0.15) is 19.4 Å². The van der Waals surface area contributed by atoms with Gasteiger partial charge < -0.3 is 14.6 Å². The van der Waals surface area contributed by atoms with Crippen molar-refractivity contribution in [1.29, 1.82) is 0 Å². The van der Waals surface area contributed by atoms with E-state index in [1.54, 1.807) is 0 Å². The molecular formula is C15H19N3O. The van der Waals surface area contributed by atoms with Gasteiger partial charge in [-0.2, -0.15) is 0 Å². The molecule has 4 nitrogen and oxygen atoms in total. The lowest BCUT2D eigenvalue weighted by Gasteiger charge is -2.15. The number of rotatable bonds is 4. The zero-order valence-electron chi connectivity index (χ0n) is 11.3.